The lowest BCUT2D eigenvalue weighted by molar-refractivity contribution is -0.0835. The SMILES string of the molecule is CCNC(CC1(OC)CCC1)c1ccc(C(C)(C)C)s1. The fourth-order valence-corrected chi connectivity index (χ4v) is 4.04. The van der Waals surface area contributed by atoms with Gasteiger partial charge in [0, 0.05) is 22.9 Å². The molecule has 2 nitrogen and oxygen atoms in total. The molecule has 1 saturated carbocycles. The van der Waals surface area contributed by atoms with E-state index in [4.69, 9.17) is 4.74 Å². The maximum absolute atomic E-state index is 5.81. The van der Waals surface area contributed by atoms with Gasteiger partial charge < -0.3 is 10.1 Å². The number of nitrogens with one attached hydrogen (secondary N) is 1. The molecule has 2 rings (SSSR count). The van der Waals surface area contributed by atoms with Crippen LogP contribution in [0, 0.1) is 0 Å². The summed E-state index contributed by atoms with van der Waals surface area (Å²) in [6.45, 7) is 10.0. The summed E-state index contributed by atoms with van der Waals surface area (Å²) < 4.78 is 5.81. The van der Waals surface area contributed by atoms with Crippen LogP contribution in [0.15, 0.2) is 12.1 Å². The van der Waals surface area contributed by atoms with Crippen LogP contribution in [-0.4, -0.2) is 19.3 Å². The molecule has 0 amide bonds. The number of ether oxygens (including phenoxy) is 1. The van der Waals surface area contributed by atoms with Gasteiger partial charge in [0.1, 0.15) is 0 Å². The topological polar surface area (TPSA) is 21.3 Å². The van der Waals surface area contributed by atoms with Crippen molar-refractivity contribution in [3.05, 3.63) is 21.9 Å². The summed E-state index contributed by atoms with van der Waals surface area (Å²) in [7, 11) is 1.87. The molecule has 0 aromatic carbocycles. The second-order valence-electron chi connectivity index (χ2n) is 7.01. The third-order valence-corrected chi connectivity index (χ3v) is 6.06. The van der Waals surface area contributed by atoms with E-state index in [1.807, 2.05) is 18.4 Å². The van der Waals surface area contributed by atoms with Crippen LogP contribution in [0.1, 0.15) is 69.2 Å². The molecule has 1 heterocycles. The molecular weight excluding hydrogens is 266 g/mol. The molecule has 1 aromatic heterocycles. The van der Waals surface area contributed by atoms with Crippen LogP contribution in [0.25, 0.3) is 0 Å². The summed E-state index contributed by atoms with van der Waals surface area (Å²) in [5.74, 6) is 0. The minimum Gasteiger partial charge on any atom is -0.378 e. The minimum absolute atomic E-state index is 0.124. The van der Waals surface area contributed by atoms with Gasteiger partial charge in [-0.25, -0.2) is 0 Å². The zero-order valence-corrected chi connectivity index (χ0v) is 14.4. The molecule has 1 aromatic rings. The molecule has 0 aliphatic heterocycles. The molecule has 1 aliphatic carbocycles. The average molecular weight is 295 g/mol. The minimum atomic E-state index is 0.124. The fourth-order valence-electron chi connectivity index (χ4n) is 2.90. The molecule has 0 bridgehead atoms. The lowest BCUT2D eigenvalue weighted by Crippen LogP contribution is -2.42. The molecule has 1 N–H and O–H groups in total. The van der Waals surface area contributed by atoms with Crippen LogP contribution in [0.5, 0.6) is 0 Å². The molecular formula is C17H29NOS. The van der Waals surface area contributed by atoms with E-state index in [0.717, 1.165) is 13.0 Å². The Bertz CT molecular complexity index is 423. The quantitative estimate of drug-likeness (QED) is 0.824. The van der Waals surface area contributed by atoms with Gasteiger partial charge in [0.2, 0.25) is 0 Å². The van der Waals surface area contributed by atoms with Gasteiger partial charge in [0.15, 0.2) is 0 Å². The highest BCUT2D eigenvalue weighted by molar-refractivity contribution is 7.12. The Labute approximate surface area is 127 Å². The van der Waals surface area contributed by atoms with Crippen molar-refractivity contribution < 1.29 is 4.74 Å². The van der Waals surface area contributed by atoms with Crippen molar-refractivity contribution in [2.75, 3.05) is 13.7 Å². The van der Waals surface area contributed by atoms with E-state index >= 15 is 0 Å². The van der Waals surface area contributed by atoms with Crippen LogP contribution in [-0.2, 0) is 10.2 Å². The molecule has 114 valence electrons. The number of rotatable bonds is 6. The van der Waals surface area contributed by atoms with Gasteiger partial charge in [-0.1, -0.05) is 27.7 Å². The van der Waals surface area contributed by atoms with Crippen LogP contribution in [0.2, 0.25) is 0 Å². The first-order chi connectivity index (χ1) is 9.40. The first-order valence-corrected chi connectivity index (χ1v) is 8.60. The van der Waals surface area contributed by atoms with E-state index in [0.29, 0.717) is 6.04 Å². The van der Waals surface area contributed by atoms with E-state index in [1.165, 1.54) is 29.0 Å². The molecule has 1 unspecified atom stereocenters. The van der Waals surface area contributed by atoms with Crippen LogP contribution >= 0.6 is 11.3 Å². The van der Waals surface area contributed by atoms with Crippen molar-refractivity contribution in [1.29, 1.82) is 0 Å². The van der Waals surface area contributed by atoms with Crippen molar-refractivity contribution in [2.45, 2.75) is 70.4 Å². The smallest absolute Gasteiger partial charge is 0.0697 e. The van der Waals surface area contributed by atoms with Gasteiger partial charge in [0.25, 0.3) is 0 Å². The first kappa shape index (κ1) is 16.0. The Morgan fingerprint density at radius 1 is 1.35 bits per heavy atom. The number of hydrogen-bond donors (Lipinski definition) is 1. The van der Waals surface area contributed by atoms with Gasteiger partial charge in [-0.15, -0.1) is 11.3 Å². The summed E-state index contributed by atoms with van der Waals surface area (Å²) in [5.41, 5.74) is 0.369. The van der Waals surface area contributed by atoms with Gasteiger partial charge in [-0.05, 0) is 49.8 Å². The number of thiophene rings is 1. The second kappa shape index (κ2) is 6.17. The van der Waals surface area contributed by atoms with Crippen molar-refractivity contribution >= 4 is 11.3 Å². The Morgan fingerprint density at radius 3 is 2.45 bits per heavy atom. The molecule has 1 fully saturated rings. The predicted molar refractivity (Wildman–Crippen MR) is 87.6 cm³/mol. The number of hydrogen-bond acceptors (Lipinski definition) is 3. The molecule has 1 atom stereocenters. The molecule has 0 spiro atoms. The zero-order chi connectivity index (χ0) is 14.8. The summed E-state index contributed by atoms with van der Waals surface area (Å²) in [6.07, 6.45) is 4.83. The van der Waals surface area contributed by atoms with Crippen molar-refractivity contribution in [1.82, 2.24) is 5.32 Å². The largest absolute Gasteiger partial charge is 0.378 e. The summed E-state index contributed by atoms with van der Waals surface area (Å²) >= 11 is 1.96. The summed E-state index contributed by atoms with van der Waals surface area (Å²) in [6, 6.07) is 5.03. The van der Waals surface area contributed by atoms with Crippen molar-refractivity contribution in [3.63, 3.8) is 0 Å². The Hall–Kier alpha value is -0.380. The zero-order valence-electron chi connectivity index (χ0n) is 13.6. The summed E-state index contributed by atoms with van der Waals surface area (Å²) in [5, 5.41) is 3.65. The highest BCUT2D eigenvalue weighted by Gasteiger charge is 2.39. The van der Waals surface area contributed by atoms with E-state index in [2.05, 4.69) is 45.1 Å². The van der Waals surface area contributed by atoms with E-state index in [1.54, 1.807) is 0 Å². The van der Waals surface area contributed by atoms with Gasteiger partial charge >= 0.3 is 0 Å². The van der Waals surface area contributed by atoms with Crippen LogP contribution in [0.3, 0.4) is 0 Å². The Kier molecular flexibility index (Phi) is 4.93. The standard InChI is InChI=1S/C17H29NOS/c1-6-18-13(12-17(19-5)10-7-11-17)14-8-9-15(20-14)16(2,3)4/h8-9,13,18H,6-7,10-12H2,1-5H3. The highest BCUT2D eigenvalue weighted by atomic mass is 32.1. The maximum atomic E-state index is 5.81. The fraction of sp³-hybridized carbons (Fsp3) is 0.765. The van der Waals surface area contributed by atoms with Gasteiger partial charge in [0.05, 0.1) is 5.60 Å². The van der Waals surface area contributed by atoms with Crippen molar-refractivity contribution in [2.24, 2.45) is 0 Å². The second-order valence-corrected chi connectivity index (χ2v) is 8.12. The maximum Gasteiger partial charge on any atom is 0.0697 e. The normalized spacial score (nSPS) is 19.6. The van der Waals surface area contributed by atoms with E-state index in [-0.39, 0.29) is 11.0 Å². The lowest BCUT2D eigenvalue weighted by Gasteiger charge is -2.42. The first-order valence-electron chi connectivity index (χ1n) is 7.79. The number of methoxy groups -OCH3 is 1. The van der Waals surface area contributed by atoms with Crippen molar-refractivity contribution in [3.8, 4) is 0 Å². The van der Waals surface area contributed by atoms with Gasteiger partial charge in [-0.2, -0.15) is 0 Å². The van der Waals surface area contributed by atoms with E-state index < -0.39 is 0 Å². The molecule has 0 saturated heterocycles. The molecule has 20 heavy (non-hydrogen) atoms. The molecule has 0 radical (unpaired) electrons. The molecule has 3 heteroatoms. The monoisotopic (exact) mass is 295 g/mol. The van der Waals surface area contributed by atoms with E-state index in [9.17, 15) is 0 Å². The Balaban J connectivity index is 2.14. The average Bonchev–Trinajstić information content (AvgIpc) is 2.81. The lowest BCUT2D eigenvalue weighted by atomic mass is 9.75. The Morgan fingerprint density at radius 2 is 2.05 bits per heavy atom. The highest BCUT2D eigenvalue weighted by Crippen LogP contribution is 2.43. The molecule has 1 aliphatic rings. The van der Waals surface area contributed by atoms with Gasteiger partial charge in [-0.3, -0.25) is 0 Å². The predicted octanol–water partition coefficient (Wildman–Crippen LogP) is 4.66. The van der Waals surface area contributed by atoms with Crippen LogP contribution in [0.4, 0.5) is 0 Å². The van der Waals surface area contributed by atoms with Crippen LogP contribution < -0.4 is 5.32 Å². The summed E-state index contributed by atoms with van der Waals surface area (Å²) in [4.78, 5) is 2.93. The third kappa shape index (κ3) is 3.44. The third-order valence-electron chi connectivity index (χ3n) is 4.43.